The zero-order chi connectivity index (χ0) is 19.0. The second-order valence-electron chi connectivity index (χ2n) is 6.38. The van der Waals surface area contributed by atoms with E-state index >= 15 is 0 Å². The number of benzene rings is 1. The molecule has 7 heteroatoms. The van der Waals surface area contributed by atoms with Gasteiger partial charge in [0.1, 0.15) is 5.82 Å². The third kappa shape index (κ3) is 3.12. The quantitative estimate of drug-likeness (QED) is 0.713. The van der Waals surface area contributed by atoms with E-state index in [1.54, 1.807) is 6.92 Å². The number of nitrogens with two attached hydrogens (primary N) is 1. The van der Waals surface area contributed by atoms with Crippen LogP contribution in [0.2, 0.25) is 5.02 Å². The third-order valence-corrected chi connectivity index (χ3v) is 5.10. The molecule has 1 aliphatic carbocycles. The van der Waals surface area contributed by atoms with Crippen molar-refractivity contribution in [2.45, 2.75) is 32.2 Å². The average molecular weight is 376 g/mol. The summed E-state index contributed by atoms with van der Waals surface area (Å²) in [6.45, 7) is 5.19. The second-order valence-corrected chi connectivity index (χ2v) is 6.76. The number of allylic oxidation sites excluding steroid dienone is 1. The summed E-state index contributed by atoms with van der Waals surface area (Å²) >= 11 is 6.40. The molecule has 1 aromatic carbocycles. The number of hydrogen-bond donors (Lipinski definition) is 3. The van der Waals surface area contributed by atoms with E-state index in [1.807, 2.05) is 6.08 Å². The Kier molecular flexibility index (Phi) is 4.87. The number of halogens is 2. The van der Waals surface area contributed by atoms with E-state index in [1.165, 1.54) is 6.08 Å². The first-order valence-electron chi connectivity index (χ1n) is 8.25. The summed E-state index contributed by atoms with van der Waals surface area (Å²) in [6.07, 6.45) is 5.06. The Balaban J connectivity index is 2.13. The van der Waals surface area contributed by atoms with Gasteiger partial charge in [0.25, 0.3) is 5.91 Å². The molecule has 2 amide bonds. The van der Waals surface area contributed by atoms with E-state index in [0.717, 1.165) is 18.1 Å². The Morgan fingerprint density at radius 1 is 1.50 bits per heavy atom. The van der Waals surface area contributed by atoms with E-state index in [4.69, 9.17) is 17.3 Å². The number of nitrogens with one attached hydrogen (secondary N) is 2. The molecule has 1 atom stereocenters. The number of aromatic amines is 1. The van der Waals surface area contributed by atoms with Crippen LogP contribution in [0.3, 0.4) is 0 Å². The summed E-state index contributed by atoms with van der Waals surface area (Å²) in [4.78, 5) is 26.3. The molecule has 0 unspecified atom stereocenters. The Hall–Kier alpha value is -2.60. The number of aromatic nitrogens is 1. The molecule has 2 aromatic rings. The van der Waals surface area contributed by atoms with E-state index in [2.05, 4.69) is 16.9 Å². The zero-order valence-corrected chi connectivity index (χ0v) is 15.0. The van der Waals surface area contributed by atoms with E-state index in [-0.39, 0.29) is 17.5 Å². The molecule has 0 radical (unpaired) electrons. The smallest absolute Gasteiger partial charge is 0.250 e. The fourth-order valence-electron chi connectivity index (χ4n) is 3.43. The summed E-state index contributed by atoms with van der Waals surface area (Å²) < 4.78 is 14.9. The van der Waals surface area contributed by atoms with Gasteiger partial charge < -0.3 is 16.0 Å². The standard InChI is InChI=1S/C19H19ClFN3O2/c1-3-14(25)24-11-6-4-5-10(7-11)15-13(21)8-12(19(22)26)18-16(15)17(20)9(2)23-18/h3,5,8,11,23H,1,4,6-7H2,2H3,(H2,22,26)(H,24,25)/t11-/m0/s1. The summed E-state index contributed by atoms with van der Waals surface area (Å²) in [6, 6.07) is 1.02. The monoisotopic (exact) mass is 375 g/mol. The van der Waals surface area contributed by atoms with Gasteiger partial charge >= 0.3 is 0 Å². The number of H-pyrrole nitrogens is 1. The van der Waals surface area contributed by atoms with E-state index < -0.39 is 11.7 Å². The number of primary amides is 1. The molecule has 0 bridgehead atoms. The number of hydrogen-bond acceptors (Lipinski definition) is 2. The molecule has 26 heavy (non-hydrogen) atoms. The number of amides is 2. The van der Waals surface area contributed by atoms with Crippen molar-refractivity contribution in [1.29, 1.82) is 0 Å². The first kappa shape index (κ1) is 18.2. The zero-order valence-electron chi connectivity index (χ0n) is 14.3. The van der Waals surface area contributed by atoms with Gasteiger partial charge in [-0.2, -0.15) is 0 Å². The van der Waals surface area contributed by atoms with E-state index in [9.17, 15) is 14.0 Å². The Morgan fingerprint density at radius 3 is 2.88 bits per heavy atom. The van der Waals surface area contributed by atoms with Gasteiger partial charge in [-0.1, -0.05) is 24.3 Å². The van der Waals surface area contributed by atoms with Crippen LogP contribution >= 0.6 is 11.6 Å². The van der Waals surface area contributed by atoms with Crippen LogP contribution in [-0.4, -0.2) is 22.8 Å². The highest BCUT2D eigenvalue weighted by molar-refractivity contribution is 6.37. The third-order valence-electron chi connectivity index (χ3n) is 4.63. The molecule has 1 aromatic heterocycles. The molecular formula is C19H19ClFN3O2. The average Bonchev–Trinajstić information content (AvgIpc) is 2.89. The summed E-state index contributed by atoms with van der Waals surface area (Å²) in [5.41, 5.74) is 7.59. The molecule has 1 heterocycles. The van der Waals surface area contributed by atoms with Gasteiger partial charge in [-0.05, 0) is 43.9 Å². The highest BCUT2D eigenvalue weighted by atomic mass is 35.5. The van der Waals surface area contributed by atoms with Crippen molar-refractivity contribution >= 4 is 39.9 Å². The highest BCUT2D eigenvalue weighted by Gasteiger charge is 2.26. The van der Waals surface area contributed by atoms with Gasteiger partial charge in [0.2, 0.25) is 5.91 Å². The number of rotatable bonds is 4. The lowest BCUT2D eigenvalue weighted by molar-refractivity contribution is -0.117. The Labute approximate surface area is 155 Å². The minimum atomic E-state index is -0.730. The van der Waals surface area contributed by atoms with Gasteiger partial charge in [0.05, 0.1) is 16.1 Å². The molecule has 0 saturated heterocycles. The van der Waals surface area contributed by atoms with Crippen molar-refractivity contribution in [1.82, 2.24) is 10.3 Å². The maximum absolute atomic E-state index is 14.9. The highest BCUT2D eigenvalue weighted by Crippen LogP contribution is 2.40. The van der Waals surface area contributed by atoms with Crippen LogP contribution in [0.1, 0.15) is 40.9 Å². The largest absolute Gasteiger partial charge is 0.366 e. The predicted octanol–water partition coefficient (Wildman–Crippen LogP) is 3.61. The van der Waals surface area contributed by atoms with Gasteiger partial charge in [-0.3, -0.25) is 9.59 Å². The number of fused-ring (bicyclic) bond motifs is 1. The first-order chi connectivity index (χ1) is 12.3. The van der Waals surface area contributed by atoms with Crippen molar-refractivity contribution in [3.05, 3.63) is 52.5 Å². The van der Waals surface area contributed by atoms with Crippen molar-refractivity contribution in [3.63, 3.8) is 0 Å². The van der Waals surface area contributed by atoms with Crippen molar-refractivity contribution in [2.75, 3.05) is 0 Å². The summed E-state index contributed by atoms with van der Waals surface area (Å²) in [5, 5.41) is 3.65. The lowest BCUT2D eigenvalue weighted by atomic mass is 9.87. The van der Waals surface area contributed by atoms with Gasteiger partial charge in [-0.15, -0.1) is 0 Å². The molecule has 5 nitrogen and oxygen atoms in total. The van der Waals surface area contributed by atoms with Gasteiger partial charge in [0.15, 0.2) is 0 Å². The lowest BCUT2D eigenvalue weighted by Gasteiger charge is -2.24. The van der Waals surface area contributed by atoms with Crippen LogP contribution in [0.4, 0.5) is 4.39 Å². The molecule has 0 aliphatic heterocycles. The minimum absolute atomic E-state index is 0.0594. The minimum Gasteiger partial charge on any atom is -0.366 e. The summed E-state index contributed by atoms with van der Waals surface area (Å²) in [7, 11) is 0. The van der Waals surface area contributed by atoms with Crippen molar-refractivity contribution in [2.24, 2.45) is 5.73 Å². The Morgan fingerprint density at radius 2 is 2.23 bits per heavy atom. The maximum Gasteiger partial charge on any atom is 0.250 e. The van der Waals surface area contributed by atoms with Crippen LogP contribution < -0.4 is 11.1 Å². The maximum atomic E-state index is 14.9. The van der Waals surface area contributed by atoms with Crippen LogP contribution in [0.5, 0.6) is 0 Å². The molecule has 1 aliphatic rings. The van der Waals surface area contributed by atoms with Crippen LogP contribution in [0.15, 0.2) is 24.8 Å². The molecule has 3 rings (SSSR count). The topological polar surface area (TPSA) is 88.0 Å². The molecule has 0 fully saturated rings. The number of aryl methyl sites for hydroxylation is 1. The Bertz CT molecular complexity index is 962. The van der Waals surface area contributed by atoms with Crippen LogP contribution in [0, 0.1) is 12.7 Å². The van der Waals surface area contributed by atoms with Gasteiger partial charge in [0, 0.05) is 22.7 Å². The fourth-order valence-corrected chi connectivity index (χ4v) is 3.67. The molecule has 0 spiro atoms. The number of carbonyl (C=O) groups is 2. The molecule has 0 saturated carbocycles. The SMILES string of the molecule is C=CC(=O)N[C@H]1CCC=C(c2c(F)cc(C(N)=O)c3[nH]c(C)c(Cl)c23)C1. The predicted molar refractivity (Wildman–Crippen MR) is 100 cm³/mol. The summed E-state index contributed by atoms with van der Waals surface area (Å²) in [5.74, 6) is -1.55. The number of carbonyl (C=O) groups excluding carboxylic acids is 2. The second kappa shape index (κ2) is 6.96. The fraction of sp³-hybridized carbons (Fsp3) is 0.263. The van der Waals surface area contributed by atoms with Crippen molar-refractivity contribution < 1.29 is 14.0 Å². The van der Waals surface area contributed by atoms with Gasteiger partial charge in [-0.25, -0.2) is 4.39 Å². The lowest BCUT2D eigenvalue weighted by Crippen LogP contribution is -2.34. The first-order valence-corrected chi connectivity index (χ1v) is 8.63. The van der Waals surface area contributed by atoms with Crippen LogP contribution in [-0.2, 0) is 4.79 Å². The normalized spacial score (nSPS) is 17.0. The molecule has 136 valence electrons. The van der Waals surface area contributed by atoms with Crippen LogP contribution in [0.25, 0.3) is 16.5 Å². The molecular weight excluding hydrogens is 357 g/mol. The molecule has 4 N–H and O–H groups in total. The van der Waals surface area contributed by atoms with E-state index in [0.29, 0.717) is 40.0 Å². The van der Waals surface area contributed by atoms with Crippen molar-refractivity contribution in [3.8, 4) is 0 Å².